The van der Waals surface area contributed by atoms with Crippen LogP contribution in [0.5, 0.6) is 23.0 Å². The van der Waals surface area contributed by atoms with Crippen molar-refractivity contribution in [3.8, 4) is 45.3 Å². The van der Waals surface area contributed by atoms with Gasteiger partial charge in [-0.1, -0.05) is 133 Å². The van der Waals surface area contributed by atoms with Gasteiger partial charge in [0.2, 0.25) is 0 Å². The van der Waals surface area contributed by atoms with Crippen LogP contribution in [-0.4, -0.2) is 25.2 Å². The molecule has 0 bridgehead atoms. The molecule has 0 aliphatic rings. The Bertz CT molecular complexity index is 1710. The molecule has 0 aromatic heterocycles. The van der Waals surface area contributed by atoms with Crippen LogP contribution < -0.4 is 18.9 Å². The first-order valence-electron chi connectivity index (χ1n) is 19.7. The summed E-state index contributed by atoms with van der Waals surface area (Å²) in [5, 5.41) is 0. The van der Waals surface area contributed by atoms with Gasteiger partial charge in [-0.05, 0) is 95.8 Å². The standard InChI is InChI=1S/C48H54O6/c1-3-5-7-9-11-13-34-51-43-30-26-39(27-31-43)37-18-22-41(23-19-37)47(49)53-45-16-15-17-46(36-45)54-48(50)42-24-20-38(21-25-42)40-28-32-44(33-29-40)52-35-14-12-10-8-6-4-2/h15-33,36H,3-14,34-35H2,1-2H3. The fraction of sp³-hybridized carbons (Fsp3) is 0.333. The lowest BCUT2D eigenvalue weighted by atomic mass is 10.0. The molecule has 54 heavy (non-hydrogen) atoms. The summed E-state index contributed by atoms with van der Waals surface area (Å²) in [7, 11) is 0. The molecule has 0 fully saturated rings. The highest BCUT2D eigenvalue weighted by Crippen LogP contribution is 2.27. The number of carbonyl (C=O) groups is 2. The molecule has 5 rings (SSSR count). The van der Waals surface area contributed by atoms with E-state index >= 15 is 0 Å². The van der Waals surface area contributed by atoms with Gasteiger partial charge in [0, 0.05) is 6.07 Å². The zero-order valence-electron chi connectivity index (χ0n) is 31.9. The van der Waals surface area contributed by atoms with E-state index in [2.05, 4.69) is 13.8 Å². The predicted molar refractivity (Wildman–Crippen MR) is 218 cm³/mol. The molecule has 0 aliphatic carbocycles. The van der Waals surface area contributed by atoms with Crippen molar-refractivity contribution in [3.05, 3.63) is 132 Å². The van der Waals surface area contributed by atoms with Crippen LogP contribution in [0.15, 0.2) is 121 Å². The van der Waals surface area contributed by atoms with E-state index in [1.165, 1.54) is 70.3 Å². The zero-order chi connectivity index (χ0) is 37.8. The third-order valence-electron chi connectivity index (χ3n) is 9.38. The molecule has 0 N–H and O–H groups in total. The first-order valence-corrected chi connectivity index (χ1v) is 19.7. The van der Waals surface area contributed by atoms with Crippen molar-refractivity contribution in [1.82, 2.24) is 0 Å². The maximum Gasteiger partial charge on any atom is 0.343 e. The lowest BCUT2D eigenvalue weighted by molar-refractivity contribution is 0.0733. The van der Waals surface area contributed by atoms with Crippen molar-refractivity contribution < 1.29 is 28.5 Å². The minimum atomic E-state index is -0.503. The normalized spacial score (nSPS) is 10.9. The van der Waals surface area contributed by atoms with Gasteiger partial charge in [-0.3, -0.25) is 0 Å². The summed E-state index contributed by atoms with van der Waals surface area (Å²) in [4.78, 5) is 25.9. The minimum absolute atomic E-state index is 0.278. The van der Waals surface area contributed by atoms with Crippen molar-refractivity contribution in [3.63, 3.8) is 0 Å². The van der Waals surface area contributed by atoms with Gasteiger partial charge in [0.1, 0.15) is 23.0 Å². The number of esters is 2. The number of rotatable bonds is 22. The quantitative estimate of drug-likeness (QED) is 0.0402. The molecule has 282 valence electrons. The summed E-state index contributed by atoms with van der Waals surface area (Å²) in [6.45, 7) is 5.92. The van der Waals surface area contributed by atoms with Gasteiger partial charge < -0.3 is 18.9 Å². The van der Waals surface area contributed by atoms with Crippen molar-refractivity contribution >= 4 is 11.9 Å². The zero-order valence-corrected chi connectivity index (χ0v) is 31.9. The molecular formula is C48H54O6. The molecule has 6 heteroatoms. The molecule has 0 heterocycles. The first-order chi connectivity index (χ1) is 26.5. The summed E-state index contributed by atoms with van der Waals surface area (Å²) in [5.74, 6) is 1.27. The number of hydrogen-bond donors (Lipinski definition) is 0. The number of benzene rings is 5. The average Bonchev–Trinajstić information content (AvgIpc) is 3.21. The van der Waals surface area contributed by atoms with Gasteiger partial charge in [-0.25, -0.2) is 9.59 Å². The highest BCUT2D eigenvalue weighted by Gasteiger charge is 2.13. The third-order valence-corrected chi connectivity index (χ3v) is 9.38. The average molecular weight is 727 g/mol. The Morgan fingerprint density at radius 1 is 0.389 bits per heavy atom. The lowest BCUT2D eigenvalue weighted by Gasteiger charge is -2.10. The van der Waals surface area contributed by atoms with E-state index in [4.69, 9.17) is 18.9 Å². The molecule has 0 aliphatic heterocycles. The Morgan fingerprint density at radius 2 is 0.722 bits per heavy atom. The van der Waals surface area contributed by atoms with Crippen LogP contribution >= 0.6 is 0 Å². The Balaban J connectivity index is 1.06. The number of unbranched alkanes of at least 4 members (excludes halogenated alkanes) is 10. The van der Waals surface area contributed by atoms with Crippen LogP contribution in [0, 0.1) is 0 Å². The van der Waals surface area contributed by atoms with Gasteiger partial charge in [0.15, 0.2) is 0 Å². The Morgan fingerprint density at radius 3 is 1.09 bits per heavy atom. The summed E-state index contributed by atoms with van der Waals surface area (Å²) in [6.07, 6.45) is 14.8. The Hall–Kier alpha value is -5.36. The SMILES string of the molecule is CCCCCCCCOc1ccc(-c2ccc(C(=O)Oc3cccc(OC(=O)c4ccc(-c5ccc(OCCCCCCCC)cc5)cc4)c3)cc2)cc1. The highest BCUT2D eigenvalue weighted by atomic mass is 16.5. The van der Waals surface area contributed by atoms with E-state index in [-0.39, 0.29) is 11.5 Å². The summed E-state index contributed by atoms with van der Waals surface area (Å²) in [5.41, 5.74) is 4.86. The van der Waals surface area contributed by atoms with Gasteiger partial charge in [0.05, 0.1) is 24.3 Å². The van der Waals surface area contributed by atoms with Crippen molar-refractivity contribution in [2.75, 3.05) is 13.2 Å². The lowest BCUT2D eigenvalue weighted by Crippen LogP contribution is -2.10. The number of carbonyl (C=O) groups excluding carboxylic acids is 2. The van der Waals surface area contributed by atoms with Crippen LogP contribution in [0.1, 0.15) is 112 Å². The molecule has 0 spiro atoms. The third kappa shape index (κ3) is 12.9. The van der Waals surface area contributed by atoms with E-state index < -0.39 is 11.9 Å². The topological polar surface area (TPSA) is 71.1 Å². The minimum Gasteiger partial charge on any atom is -0.494 e. The van der Waals surface area contributed by atoms with E-state index in [1.807, 2.05) is 72.8 Å². The largest absolute Gasteiger partial charge is 0.494 e. The summed E-state index contributed by atoms with van der Waals surface area (Å²) < 4.78 is 23.1. The molecule has 0 atom stereocenters. The second-order valence-electron chi connectivity index (χ2n) is 13.7. The molecule has 0 amide bonds. The summed E-state index contributed by atoms with van der Waals surface area (Å²) >= 11 is 0. The van der Waals surface area contributed by atoms with Gasteiger partial charge in [-0.15, -0.1) is 0 Å². The monoisotopic (exact) mass is 726 g/mol. The number of ether oxygens (including phenoxy) is 4. The molecular weight excluding hydrogens is 673 g/mol. The molecule has 0 radical (unpaired) electrons. The van der Waals surface area contributed by atoms with E-state index in [0.29, 0.717) is 11.1 Å². The van der Waals surface area contributed by atoms with Gasteiger partial charge in [0.25, 0.3) is 0 Å². The van der Waals surface area contributed by atoms with Crippen molar-refractivity contribution in [2.24, 2.45) is 0 Å². The second-order valence-corrected chi connectivity index (χ2v) is 13.7. The van der Waals surface area contributed by atoms with Crippen LogP contribution in [0.4, 0.5) is 0 Å². The molecule has 0 saturated heterocycles. The Kier molecular flexibility index (Phi) is 16.2. The molecule has 6 nitrogen and oxygen atoms in total. The maximum atomic E-state index is 13.0. The van der Waals surface area contributed by atoms with E-state index in [9.17, 15) is 9.59 Å². The van der Waals surface area contributed by atoms with Crippen LogP contribution in [0.3, 0.4) is 0 Å². The van der Waals surface area contributed by atoms with Crippen molar-refractivity contribution in [2.45, 2.75) is 90.9 Å². The fourth-order valence-electron chi connectivity index (χ4n) is 6.16. The smallest absolute Gasteiger partial charge is 0.343 e. The molecule has 5 aromatic rings. The van der Waals surface area contributed by atoms with E-state index in [1.54, 1.807) is 42.5 Å². The fourth-order valence-corrected chi connectivity index (χ4v) is 6.16. The second kappa shape index (κ2) is 22.0. The molecule has 5 aromatic carbocycles. The van der Waals surface area contributed by atoms with Crippen LogP contribution in [0.2, 0.25) is 0 Å². The molecule has 0 unspecified atom stereocenters. The van der Waals surface area contributed by atoms with E-state index in [0.717, 1.165) is 59.8 Å². The maximum absolute atomic E-state index is 13.0. The Labute approximate surface area is 321 Å². The van der Waals surface area contributed by atoms with Crippen molar-refractivity contribution in [1.29, 1.82) is 0 Å². The van der Waals surface area contributed by atoms with Crippen LogP contribution in [0.25, 0.3) is 22.3 Å². The first kappa shape index (κ1) is 39.8. The summed E-state index contributed by atoms with van der Waals surface area (Å²) in [6, 6.07) is 37.1. The van der Waals surface area contributed by atoms with Gasteiger partial charge in [-0.2, -0.15) is 0 Å². The number of hydrogen-bond acceptors (Lipinski definition) is 6. The molecule has 0 saturated carbocycles. The van der Waals surface area contributed by atoms with Gasteiger partial charge >= 0.3 is 11.9 Å². The van der Waals surface area contributed by atoms with Crippen LogP contribution in [-0.2, 0) is 0 Å². The predicted octanol–water partition coefficient (Wildman–Crippen LogP) is 12.9. The highest BCUT2D eigenvalue weighted by molar-refractivity contribution is 5.93.